The molecule has 7 nitrogen and oxygen atoms in total. The first-order valence-electron chi connectivity index (χ1n) is 13.0. The maximum atomic E-state index is 13.1. The summed E-state index contributed by atoms with van der Waals surface area (Å²) in [5, 5.41) is 5.15. The molecule has 1 aliphatic heterocycles. The van der Waals surface area contributed by atoms with Crippen molar-refractivity contribution in [2.75, 3.05) is 43.5 Å². The van der Waals surface area contributed by atoms with Crippen molar-refractivity contribution in [2.45, 2.75) is 12.3 Å². The third-order valence-electron chi connectivity index (χ3n) is 7.61. The molecule has 4 aromatic rings. The minimum absolute atomic E-state index is 0.0384. The molecule has 1 N–H and O–H groups in total. The van der Waals surface area contributed by atoms with Crippen molar-refractivity contribution >= 4 is 34.0 Å². The van der Waals surface area contributed by atoms with Crippen LogP contribution in [0.3, 0.4) is 0 Å². The van der Waals surface area contributed by atoms with Gasteiger partial charge in [-0.3, -0.25) is 14.6 Å². The van der Waals surface area contributed by atoms with E-state index in [2.05, 4.69) is 21.3 Å². The van der Waals surface area contributed by atoms with E-state index in [1.165, 1.54) is 0 Å². The van der Waals surface area contributed by atoms with E-state index in [1.807, 2.05) is 77.8 Å². The molecule has 192 valence electrons. The lowest BCUT2D eigenvalue weighted by Crippen LogP contribution is -2.48. The number of ether oxygens (including phenoxy) is 1. The fourth-order valence-corrected chi connectivity index (χ4v) is 5.35. The van der Waals surface area contributed by atoms with Gasteiger partial charge in [-0.2, -0.15) is 0 Å². The average molecular weight is 507 g/mol. The zero-order chi connectivity index (χ0) is 26.1. The molecule has 0 spiro atoms. The summed E-state index contributed by atoms with van der Waals surface area (Å²) in [6.45, 7) is 2.85. The highest BCUT2D eigenvalue weighted by atomic mass is 16.5. The molecule has 1 aliphatic carbocycles. The van der Waals surface area contributed by atoms with Crippen molar-refractivity contribution in [3.8, 4) is 5.75 Å². The topological polar surface area (TPSA) is 74.8 Å². The molecule has 38 heavy (non-hydrogen) atoms. The molecule has 1 saturated heterocycles. The number of carbonyl (C=O) groups is 2. The van der Waals surface area contributed by atoms with Crippen LogP contribution >= 0.6 is 0 Å². The Hall–Kier alpha value is -4.39. The number of aromatic nitrogens is 1. The van der Waals surface area contributed by atoms with Gasteiger partial charge in [0.25, 0.3) is 5.91 Å². The molecule has 7 heteroatoms. The van der Waals surface area contributed by atoms with E-state index in [1.54, 1.807) is 13.3 Å². The maximum absolute atomic E-state index is 13.1. The Labute approximate surface area is 222 Å². The number of methoxy groups -OCH3 is 1. The number of anilines is 2. The van der Waals surface area contributed by atoms with Gasteiger partial charge in [0.2, 0.25) is 5.91 Å². The molecule has 1 saturated carbocycles. The van der Waals surface area contributed by atoms with Crippen LogP contribution in [0.5, 0.6) is 5.75 Å². The number of nitrogens with one attached hydrogen (secondary N) is 1. The molecule has 2 atom stereocenters. The first-order valence-corrected chi connectivity index (χ1v) is 13.0. The summed E-state index contributed by atoms with van der Waals surface area (Å²) in [5.41, 5.74) is 3.65. The predicted molar refractivity (Wildman–Crippen MR) is 149 cm³/mol. The van der Waals surface area contributed by atoms with Crippen molar-refractivity contribution in [1.82, 2.24) is 9.88 Å². The highest BCUT2D eigenvalue weighted by Gasteiger charge is 2.44. The molecule has 0 bridgehead atoms. The first kappa shape index (κ1) is 24.0. The number of hydrogen-bond acceptors (Lipinski definition) is 5. The summed E-state index contributed by atoms with van der Waals surface area (Å²) < 4.78 is 5.50. The van der Waals surface area contributed by atoms with Crippen LogP contribution in [0.2, 0.25) is 0 Å². The summed E-state index contributed by atoms with van der Waals surface area (Å²) in [6, 6.07) is 23.6. The van der Waals surface area contributed by atoms with Gasteiger partial charge in [0.1, 0.15) is 5.75 Å². The second-order valence-electron chi connectivity index (χ2n) is 9.95. The number of para-hydroxylation sites is 2. The van der Waals surface area contributed by atoms with Gasteiger partial charge in [-0.25, -0.2) is 0 Å². The van der Waals surface area contributed by atoms with E-state index in [-0.39, 0.29) is 23.7 Å². The van der Waals surface area contributed by atoms with Crippen LogP contribution in [-0.2, 0) is 4.79 Å². The number of amides is 2. The molecule has 1 aromatic heterocycles. The first-order chi connectivity index (χ1) is 18.6. The zero-order valence-electron chi connectivity index (χ0n) is 21.3. The second-order valence-corrected chi connectivity index (χ2v) is 9.95. The van der Waals surface area contributed by atoms with E-state index in [0.717, 1.165) is 53.0 Å². The Bertz CT molecular complexity index is 1480. The molecule has 6 rings (SSSR count). The minimum atomic E-state index is -0.0484. The Kier molecular flexibility index (Phi) is 6.42. The van der Waals surface area contributed by atoms with Gasteiger partial charge in [-0.05, 0) is 65.8 Å². The van der Waals surface area contributed by atoms with Gasteiger partial charge in [0, 0.05) is 61.1 Å². The van der Waals surface area contributed by atoms with E-state index in [4.69, 9.17) is 4.74 Å². The zero-order valence-corrected chi connectivity index (χ0v) is 21.3. The smallest absolute Gasteiger partial charge is 0.253 e. The number of hydrogen-bond donors (Lipinski definition) is 1. The van der Waals surface area contributed by atoms with E-state index < -0.39 is 0 Å². The molecule has 2 aliphatic rings. The summed E-state index contributed by atoms with van der Waals surface area (Å²) in [4.78, 5) is 34.3. The third-order valence-corrected chi connectivity index (χ3v) is 7.61. The fraction of sp³-hybridized carbons (Fsp3) is 0.258. The van der Waals surface area contributed by atoms with Crippen LogP contribution in [-0.4, -0.2) is 55.0 Å². The van der Waals surface area contributed by atoms with Crippen LogP contribution in [0, 0.1) is 5.92 Å². The van der Waals surface area contributed by atoms with Crippen molar-refractivity contribution in [3.05, 3.63) is 96.3 Å². The van der Waals surface area contributed by atoms with Gasteiger partial charge >= 0.3 is 0 Å². The van der Waals surface area contributed by atoms with Gasteiger partial charge in [0.15, 0.2) is 0 Å². The molecule has 0 unspecified atom stereocenters. The number of piperazine rings is 1. The van der Waals surface area contributed by atoms with Crippen LogP contribution in [0.4, 0.5) is 11.4 Å². The average Bonchev–Trinajstić information content (AvgIpc) is 3.78. The fourth-order valence-electron chi connectivity index (χ4n) is 5.35. The molecule has 2 fully saturated rings. The number of carbonyl (C=O) groups excluding carboxylic acids is 2. The molecule has 2 heterocycles. The molecule has 0 radical (unpaired) electrons. The maximum Gasteiger partial charge on any atom is 0.253 e. The number of fused-ring (bicyclic) bond motifs is 1. The van der Waals surface area contributed by atoms with Crippen LogP contribution in [0.25, 0.3) is 10.8 Å². The predicted octanol–water partition coefficient (Wildman–Crippen LogP) is 4.95. The largest absolute Gasteiger partial charge is 0.495 e. The highest BCUT2D eigenvalue weighted by molar-refractivity contribution is 5.97. The number of nitrogens with zero attached hydrogens (tertiary/aromatic N) is 3. The molecule has 3 aromatic carbocycles. The van der Waals surface area contributed by atoms with Crippen LogP contribution in [0.1, 0.15) is 28.3 Å². The van der Waals surface area contributed by atoms with Crippen LogP contribution < -0.4 is 15.0 Å². The number of pyridine rings is 1. The van der Waals surface area contributed by atoms with Crippen molar-refractivity contribution < 1.29 is 14.3 Å². The Balaban J connectivity index is 1.04. The number of rotatable bonds is 6. The Morgan fingerprint density at radius 1 is 0.921 bits per heavy atom. The number of benzene rings is 3. The normalized spacial score (nSPS) is 18.8. The second kappa shape index (κ2) is 10.2. The lowest BCUT2D eigenvalue weighted by atomic mass is 10.1. The van der Waals surface area contributed by atoms with Crippen molar-refractivity contribution in [2.24, 2.45) is 5.92 Å². The highest BCUT2D eigenvalue weighted by Crippen LogP contribution is 2.48. The Morgan fingerprint density at radius 2 is 1.71 bits per heavy atom. The van der Waals surface area contributed by atoms with Gasteiger partial charge in [-0.1, -0.05) is 30.3 Å². The summed E-state index contributed by atoms with van der Waals surface area (Å²) in [5.74, 6) is 1.08. The van der Waals surface area contributed by atoms with Crippen LogP contribution in [0.15, 0.2) is 85.2 Å². The third kappa shape index (κ3) is 4.79. The SMILES string of the molecule is COc1ccccc1N1CCN(C(=O)c2ccc([C@@H]3C[C@H]3C(=O)Nc3ccc4cnccc4c3)cc2)CC1. The van der Waals surface area contributed by atoms with E-state index in [0.29, 0.717) is 18.7 Å². The lowest BCUT2D eigenvalue weighted by molar-refractivity contribution is -0.117. The summed E-state index contributed by atoms with van der Waals surface area (Å²) in [7, 11) is 1.68. The molecular weight excluding hydrogens is 476 g/mol. The molecule has 2 amide bonds. The summed E-state index contributed by atoms with van der Waals surface area (Å²) in [6.07, 6.45) is 4.39. The monoisotopic (exact) mass is 506 g/mol. The van der Waals surface area contributed by atoms with Crippen molar-refractivity contribution in [1.29, 1.82) is 0 Å². The van der Waals surface area contributed by atoms with Gasteiger partial charge in [-0.15, -0.1) is 0 Å². The quantitative estimate of drug-likeness (QED) is 0.401. The van der Waals surface area contributed by atoms with Gasteiger partial charge in [0.05, 0.1) is 12.8 Å². The standard InChI is InChI=1S/C31H30N4O3/c1-38-29-5-3-2-4-28(29)34-14-16-35(17-15-34)31(37)22-8-6-21(7-9-22)26-19-27(26)30(36)33-25-11-10-24-20-32-13-12-23(24)18-25/h2-13,18,20,26-27H,14-17,19H2,1H3,(H,33,36)/t26-,27+/m0/s1. The lowest BCUT2D eigenvalue weighted by Gasteiger charge is -2.36. The molecular formula is C31H30N4O3. The minimum Gasteiger partial charge on any atom is -0.495 e. The summed E-state index contributed by atoms with van der Waals surface area (Å²) >= 11 is 0. The van der Waals surface area contributed by atoms with E-state index >= 15 is 0 Å². The Morgan fingerprint density at radius 3 is 2.50 bits per heavy atom. The van der Waals surface area contributed by atoms with E-state index in [9.17, 15) is 9.59 Å². The van der Waals surface area contributed by atoms with Gasteiger partial charge < -0.3 is 19.9 Å². The van der Waals surface area contributed by atoms with Crippen molar-refractivity contribution in [3.63, 3.8) is 0 Å².